The van der Waals surface area contributed by atoms with Crippen molar-refractivity contribution in [2.45, 2.75) is 19.3 Å². The number of rotatable bonds is 9. The molecule has 0 aliphatic heterocycles. The van der Waals surface area contributed by atoms with Crippen molar-refractivity contribution in [2.75, 3.05) is 17.2 Å². The first-order valence-electron chi connectivity index (χ1n) is 8.59. The largest absolute Gasteiger partial charge is 0.456 e. The Balaban J connectivity index is 1.63. The fraction of sp³-hybridized carbons (Fsp3) is 0.211. The lowest BCUT2D eigenvalue weighted by Crippen LogP contribution is -2.21. The average molecular weight is 403 g/mol. The number of nitrogens with zero attached hydrogens (tertiary/aromatic N) is 1. The summed E-state index contributed by atoms with van der Waals surface area (Å²) in [6, 6.07) is 10.5. The number of carbonyl (C=O) groups excluding carboxylic acids is 3. The van der Waals surface area contributed by atoms with E-state index in [1.54, 1.807) is 0 Å². The average Bonchev–Trinajstić information content (AvgIpc) is 2.68. The number of benzene rings is 2. The summed E-state index contributed by atoms with van der Waals surface area (Å²) in [5.41, 5.74) is 0.685. The quantitative estimate of drug-likeness (QED) is 0.376. The van der Waals surface area contributed by atoms with Gasteiger partial charge in [-0.2, -0.15) is 0 Å². The van der Waals surface area contributed by atoms with Crippen LogP contribution in [0.15, 0.2) is 48.5 Å². The second-order valence-electron chi connectivity index (χ2n) is 5.92. The lowest BCUT2D eigenvalue weighted by Gasteiger charge is -2.07. The van der Waals surface area contributed by atoms with Crippen LogP contribution in [-0.4, -0.2) is 29.3 Å². The number of amides is 2. The fourth-order valence-corrected chi connectivity index (χ4v) is 2.23. The Morgan fingerprint density at radius 3 is 2.03 bits per heavy atom. The standard InChI is InChI=1S/C19H18FN3O6/c20-13-4-6-14(7-5-13)22-18(25)12-29-19(26)3-1-2-17(24)21-15-8-10-16(11-9-15)23(27)28/h4-11H,1-3,12H2,(H,21,24)(H,22,25). The van der Waals surface area contributed by atoms with Gasteiger partial charge in [0.2, 0.25) is 5.91 Å². The first-order valence-corrected chi connectivity index (χ1v) is 8.59. The highest BCUT2D eigenvalue weighted by molar-refractivity contribution is 5.93. The minimum Gasteiger partial charge on any atom is -0.456 e. The molecule has 0 aliphatic rings. The van der Waals surface area contributed by atoms with E-state index in [9.17, 15) is 28.9 Å². The van der Waals surface area contributed by atoms with Crippen molar-refractivity contribution in [3.63, 3.8) is 0 Å². The number of anilines is 2. The van der Waals surface area contributed by atoms with Gasteiger partial charge in [-0.1, -0.05) is 0 Å². The molecule has 2 aromatic carbocycles. The van der Waals surface area contributed by atoms with E-state index in [4.69, 9.17) is 4.74 Å². The van der Waals surface area contributed by atoms with Crippen LogP contribution >= 0.6 is 0 Å². The van der Waals surface area contributed by atoms with Crippen LogP contribution in [0.4, 0.5) is 21.5 Å². The smallest absolute Gasteiger partial charge is 0.306 e. The first-order chi connectivity index (χ1) is 13.8. The number of hydrogen-bond acceptors (Lipinski definition) is 6. The molecular formula is C19H18FN3O6. The van der Waals surface area contributed by atoms with Crippen molar-refractivity contribution in [3.8, 4) is 0 Å². The molecule has 0 saturated carbocycles. The highest BCUT2D eigenvalue weighted by Gasteiger charge is 2.10. The van der Waals surface area contributed by atoms with Gasteiger partial charge in [-0.15, -0.1) is 0 Å². The molecule has 2 aromatic rings. The van der Waals surface area contributed by atoms with Crippen LogP contribution in [0.1, 0.15) is 19.3 Å². The monoisotopic (exact) mass is 403 g/mol. The van der Waals surface area contributed by atoms with Crippen molar-refractivity contribution >= 4 is 34.8 Å². The van der Waals surface area contributed by atoms with Gasteiger partial charge in [0, 0.05) is 36.3 Å². The highest BCUT2D eigenvalue weighted by Crippen LogP contribution is 2.15. The van der Waals surface area contributed by atoms with Gasteiger partial charge in [-0.05, 0) is 42.8 Å². The lowest BCUT2D eigenvalue weighted by atomic mass is 10.2. The SMILES string of the molecule is O=C(CCCC(=O)OCC(=O)Nc1ccc(F)cc1)Nc1ccc([N+](=O)[O-])cc1. The van der Waals surface area contributed by atoms with Gasteiger partial charge in [-0.3, -0.25) is 24.5 Å². The molecule has 0 heterocycles. The second kappa shape index (κ2) is 10.5. The Kier molecular flexibility index (Phi) is 7.78. The van der Waals surface area contributed by atoms with Crippen LogP contribution in [0.2, 0.25) is 0 Å². The third kappa shape index (κ3) is 7.75. The molecule has 2 rings (SSSR count). The second-order valence-corrected chi connectivity index (χ2v) is 5.92. The third-order valence-electron chi connectivity index (χ3n) is 3.64. The molecule has 2 amide bonds. The molecule has 0 bridgehead atoms. The number of non-ortho nitro benzene ring substituents is 1. The molecule has 9 nitrogen and oxygen atoms in total. The zero-order valence-corrected chi connectivity index (χ0v) is 15.2. The summed E-state index contributed by atoms with van der Waals surface area (Å²) in [6.45, 7) is -0.495. The Hall–Kier alpha value is -3.82. The zero-order chi connectivity index (χ0) is 21.2. The zero-order valence-electron chi connectivity index (χ0n) is 15.2. The van der Waals surface area contributed by atoms with Crippen molar-refractivity contribution in [1.29, 1.82) is 0 Å². The maximum atomic E-state index is 12.8. The predicted octanol–water partition coefficient (Wildman–Crippen LogP) is 3.02. The summed E-state index contributed by atoms with van der Waals surface area (Å²) < 4.78 is 17.6. The normalized spacial score (nSPS) is 10.1. The van der Waals surface area contributed by atoms with E-state index in [0.717, 1.165) is 0 Å². The van der Waals surface area contributed by atoms with Crippen LogP contribution in [-0.2, 0) is 19.1 Å². The van der Waals surface area contributed by atoms with E-state index in [1.807, 2.05) is 0 Å². The van der Waals surface area contributed by atoms with Gasteiger partial charge in [0.25, 0.3) is 11.6 Å². The van der Waals surface area contributed by atoms with Gasteiger partial charge in [0.15, 0.2) is 6.61 Å². The van der Waals surface area contributed by atoms with Crippen LogP contribution in [0.25, 0.3) is 0 Å². The number of ether oxygens (including phenoxy) is 1. The molecule has 0 fully saturated rings. The number of hydrogen-bond donors (Lipinski definition) is 2. The van der Waals surface area contributed by atoms with Crippen molar-refractivity contribution in [2.24, 2.45) is 0 Å². The molecule has 0 radical (unpaired) electrons. The number of halogens is 1. The minimum atomic E-state index is -0.637. The van der Waals surface area contributed by atoms with Crippen LogP contribution in [0.3, 0.4) is 0 Å². The molecule has 0 atom stereocenters. The van der Waals surface area contributed by atoms with Gasteiger partial charge < -0.3 is 15.4 Å². The maximum absolute atomic E-state index is 12.8. The lowest BCUT2D eigenvalue weighted by molar-refractivity contribution is -0.384. The fourth-order valence-electron chi connectivity index (χ4n) is 2.23. The summed E-state index contributed by atoms with van der Waals surface area (Å²) >= 11 is 0. The van der Waals surface area contributed by atoms with E-state index in [0.29, 0.717) is 11.4 Å². The van der Waals surface area contributed by atoms with Gasteiger partial charge in [0.1, 0.15) is 5.82 Å². The Labute approximate surface area is 165 Å². The van der Waals surface area contributed by atoms with Crippen LogP contribution < -0.4 is 10.6 Å². The molecule has 0 aromatic heterocycles. The molecule has 0 spiro atoms. The topological polar surface area (TPSA) is 128 Å². The number of nitro groups is 1. The summed E-state index contributed by atoms with van der Waals surface area (Å²) in [5, 5.41) is 15.6. The molecule has 0 unspecified atom stereocenters. The summed E-state index contributed by atoms with van der Waals surface area (Å²) in [7, 11) is 0. The number of nitrogens with one attached hydrogen (secondary N) is 2. The van der Waals surface area contributed by atoms with Crippen molar-refractivity contribution in [3.05, 3.63) is 64.5 Å². The highest BCUT2D eigenvalue weighted by atomic mass is 19.1. The van der Waals surface area contributed by atoms with E-state index in [1.165, 1.54) is 48.5 Å². The summed E-state index contributed by atoms with van der Waals surface area (Å²) in [6.07, 6.45) is 0.183. The number of carbonyl (C=O) groups is 3. The molecule has 29 heavy (non-hydrogen) atoms. The number of esters is 1. The van der Waals surface area contributed by atoms with Crippen molar-refractivity contribution in [1.82, 2.24) is 0 Å². The first kappa shape index (κ1) is 21.5. The minimum absolute atomic E-state index is 0.0356. The Morgan fingerprint density at radius 2 is 1.45 bits per heavy atom. The molecule has 0 aliphatic carbocycles. The van der Waals surface area contributed by atoms with E-state index in [-0.39, 0.29) is 30.9 Å². The van der Waals surface area contributed by atoms with Crippen molar-refractivity contribution < 1.29 is 28.4 Å². The number of nitro benzene ring substituents is 1. The summed E-state index contributed by atoms with van der Waals surface area (Å²) in [4.78, 5) is 45.2. The molecular weight excluding hydrogens is 385 g/mol. The van der Waals surface area contributed by atoms with Crippen LogP contribution in [0, 0.1) is 15.9 Å². The maximum Gasteiger partial charge on any atom is 0.306 e. The molecule has 10 heteroatoms. The molecule has 0 saturated heterocycles. The van der Waals surface area contributed by atoms with Gasteiger partial charge in [0.05, 0.1) is 4.92 Å². The van der Waals surface area contributed by atoms with Gasteiger partial charge >= 0.3 is 5.97 Å². The van der Waals surface area contributed by atoms with E-state index in [2.05, 4.69) is 10.6 Å². The third-order valence-corrected chi connectivity index (χ3v) is 3.64. The molecule has 152 valence electrons. The Bertz CT molecular complexity index is 884. The van der Waals surface area contributed by atoms with E-state index < -0.39 is 29.2 Å². The van der Waals surface area contributed by atoms with Gasteiger partial charge in [-0.25, -0.2) is 4.39 Å². The summed E-state index contributed by atoms with van der Waals surface area (Å²) in [5.74, 6) is -2.00. The predicted molar refractivity (Wildman–Crippen MR) is 102 cm³/mol. The Morgan fingerprint density at radius 1 is 0.897 bits per heavy atom. The molecule has 2 N–H and O–H groups in total. The van der Waals surface area contributed by atoms with E-state index >= 15 is 0 Å². The van der Waals surface area contributed by atoms with Crippen LogP contribution in [0.5, 0.6) is 0 Å².